The first-order chi connectivity index (χ1) is 16.1. The average molecular weight is 436 g/mol. The summed E-state index contributed by atoms with van der Waals surface area (Å²) in [6.45, 7) is 0. The van der Waals surface area contributed by atoms with Gasteiger partial charge in [0.15, 0.2) is 11.6 Å². The van der Waals surface area contributed by atoms with Gasteiger partial charge in [-0.2, -0.15) is 0 Å². The number of aromatic nitrogens is 1. The molecule has 1 aromatic heterocycles. The van der Waals surface area contributed by atoms with Crippen molar-refractivity contribution in [3.05, 3.63) is 114 Å². The monoisotopic (exact) mass is 436 g/mol. The lowest BCUT2D eigenvalue weighted by molar-refractivity contribution is 0.102. The van der Waals surface area contributed by atoms with E-state index in [2.05, 4.69) is 20.5 Å². The zero-order chi connectivity index (χ0) is 23.0. The number of pyridine rings is 1. The Balaban J connectivity index is 1.46. The Labute approximate surface area is 190 Å². The lowest BCUT2D eigenvalue weighted by Gasteiger charge is -2.11. The van der Waals surface area contributed by atoms with Gasteiger partial charge in [-0.05, 0) is 36.4 Å². The van der Waals surface area contributed by atoms with E-state index in [0.29, 0.717) is 39.6 Å². The first-order valence-corrected chi connectivity index (χ1v) is 10.2. The summed E-state index contributed by atoms with van der Waals surface area (Å²) < 4.78 is 5.40. The number of anilines is 1. The highest BCUT2D eigenvalue weighted by Crippen LogP contribution is 2.30. The summed E-state index contributed by atoms with van der Waals surface area (Å²) in [6, 6.07) is 26.0. The largest absolute Gasteiger partial charge is 0.494 e. The van der Waals surface area contributed by atoms with Crippen molar-refractivity contribution >= 4 is 28.9 Å². The van der Waals surface area contributed by atoms with Crippen LogP contribution in [0.2, 0.25) is 0 Å². The molecule has 4 rings (SSSR count). The maximum atomic E-state index is 12.7. The number of azo groups is 1. The molecule has 0 aliphatic carbocycles. The van der Waals surface area contributed by atoms with E-state index in [4.69, 9.17) is 4.74 Å². The molecule has 1 amide bonds. The Kier molecular flexibility index (Phi) is 6.61. The van der Waals surface area contributed by atoms with Crippen LogP contribution in [0.15, 0.2) is 107 Å². The molecular weight excluding hydrogens is 416 g/mol. The van der Waals surface area contributed by atoms with Crippen LogP contribution in [0.5, 0.6) is 5.75 Å². The number of nitrogens with one attached hydrogen (secondary N) is 1. The summed E-state index contributed by atoms with van der Waals surface area (Å²) in [5, 5.41) is 11.1. The number of carbonyl (C=O) groups is 2. The number of methoxy groups -OCH3 is 1. The Morgan fingerprint density at radius 3 is 2.18 bits per heavy atom. The molecule has 0 atom stereocenters. The quantitative estimate of drug-likeness (QED) is 0.284. The van der Waals surface area contributed by atoms with E-state index in [-0.39, 0.29) is 11.7 Å². The maximum Gasteiger partial charge on any atom is 0.255 e. The Hall–Kier alpha value is -4.65. The van der Waals surface area contributed by atoms with Crippen LogP contribution in [0.25, 0.3) is 0 Å². The molecule has 0 aliphatic rings. The minimum absolute atomic E-state index is 0.0975. The third-order valence-corrected chi connectivity index (χ3v) is 4.80. The van der Waals surface area contributed by atoms with Crippen molar-refractivity contribution in [3.8, 4) is 5.75 Å². The molecule has 0 radical (unpaired) electrons. The van der Waals surface area contributed by atoms with E-state index in [9.17, 15) is 9.59 Å². The van der Waals surface area contributed by atoms with Crippen molar-refractivity contribution in [3.63, 3.8) is 0 Å². The lowest BCUT2D eigenvalue weighted by atomic mass is 10.0. The summed E-state index contributed by atoms with van der Waals surface area (Å²) in [6.07, 6.45) is 1.64. The molecule has 33 heavy (non-hydrogen) atoms. The molecule has 3 aromatic carbocycles. The Morgan fingerprint density at radius 1 is 0.788 bits per heavy atom. The van der Waals surface area contributed by atoms with Crippen LogP contribution < -0.4 is 10.1 Å². The Morgan fingerprint density at radius 2 is 1.48 bits per heavy atom. The highest BCUT2D eigenvalue weighted by Gasteiger charge is 2.13. The molecule has 0 fully saturated rings. The standard InChI is InChI=1S/C26H20N4O3/c1-33-23-17-21(29-30-24-9-5-6-16-27-24)14-15-22(23)28-26(32)20-12-10-19(11-13-20)25(31)18-7-3-2-4-8-18/h2-17H,1H3,(H,28,32)/b30-29+. The molecule has 0 aliphatic heterocycles. The highest BCUT2D eigenvalue weighted by atomic mass is 16.5. The third kappa shape index (κ3) is 5.34. The Bertz CT molecular complexity index is 1290. The molecule has 4 aromatic rings. The van der Waals surface area contributed by atoms with E-state index in [1.54, 1.807) is 72.9 Å². The number of hydrogen-bond acceptors (Lipinski definition) is 6. The first kappa shape index (κ1) is 21.6. The van der Waals surface area contributed by atoms with Crippen molar-refractivity contribution in [2.45, 2.75) is 0 Å². The fourth-order valence-corrected chi connectivity index (χ4v) is 3.09. The second kappa shape index (κ2) is 10.1. The van der Waals surface area contributed by atoms with Crippen LogP contribution in [0.1, 0.15) is 26.3 Å². The van der Waals surface area contributed by atoms with Gasteiger partial charge in [-0.15, -0.1) is 10.2 Å². The van der Waals surface area contributed by atoms with E-state index >= 15 is 0 Å². The predicted molar refractivity (Wildman–Crippen MR) is 126 cm³/mol. The smallest absolute Gasteiger partial charge is 0.255 e. The molecule has 1 heterocycles. The zero-order valence-electron chi connectivity index (χ0n) is 17.8. The topological polar surface area (TPSA) is 93.0 Å². The maximum absolute atomic E-state index is 12.7. The van der Waals surface area contributed by atoms with Gasteiger partial charge in [0.05, 0.1) is 18.5 Å². The van der Waals surface area contributed by atoms with Crippen molar-refractivity contribution in [1.82, 2.24) is 4.98 Å². The summed E-state index contributed by atoms with van der Waals surface area (Å²) >= 11 is 0. The predicted octanol–water partition coefficient (Wildman–Crippen LogP) is 5.99. The summed E-state index contributed by atoms with van der Waals surface area (Å²) in [4.78, 5) is 29.4. The number of benzene rings is 3. The lowest BCUT2D eigenvalue weighted by Crippen LogP contribution is -2.13. The second-order valence-electron chi connectivity index (χ2n) is 7.00. The molecule has 0 spiro atoms. The van der Waals surface area contributed by atoms with Gasteiger partial charge in [0, 0.05) is 29.0 Å². The van der Waals surface area contributed by atoms with Gasteiger partial charge in [0.2, 0.25) is 0 Å². The minimum Gasteiger partial charge on any atom is -0.494 e. The minimum atomic E-state index is -0.324. The molecule has 1 N–H and O–H groups in total. The van der Waals surface area contributed by atoms with Gasteiger partial charge in [-0.3, -0.25) is 9.59 Å². The van der Waals surface area contributed by atoms with E-state index in [1.165, 1.54) is 7.11 Å². The SMILES string of the molecule is COc1cc(/N=N/c2ccccn2)ccc1NC(=O)c1ccc(C(=O)c2ccccc2)cc1. The van der Waals surface area contributed by atoms with Crippen molar-refractivity contribution in [2.75, 3.05) is 12.4 Å². The molecule has 0 saturated carbocycles. The van der Waals surface area contributed by atoms with Crippen LogP contribution in [0.3, 0.4) is 0 Å². The van der Waals surface area contributed by atoms with Crippen LogP contribution in [-0.4, -0.2) is 23.8 Å². The molecule has 7 heteroatoms. The number of nitrogens with zero attached hydrogens (tertiary/aromatic N) is 3. The number of hydrogen-bond donors (Lipinski definition) is 1. The van der Waals surface area contributed by atoms with Crippen molar-refractivity contribution in [2.24, 2.45) is 10.2 Å². The molecular formula is C26H20N4O3. The number of amides is 1. The van der Waals surface area contributed by atoms with Gasteiger partial charge in [-0.1, -0.05) is 48.5 Å². The van der Waals surface area contributed by atoms with Gasteiger partial charge in [0.1, 0.15) is 5.75 Å². The normalized spacial score (nSPS) is 10.7. The van der Waals surface area contributed by atoms with Crippen LogP contribution in [-0.2, 0) is 0 Å². The van der Waals surface area contributed by atoms with Crippen LogP contribution in [0, 0.1) is 0 Å². The van der Waals surface area contributed by atoms with E-state index in [1.807, 2.05) is 24.3 Å². The molecule has 0 saturated heterocycles. The number of ketones is 1. The fourth-order valence-electron chi connectivity index (χ4n) is 3.09. The number of carbonyl (C=O) groups excluding carboxylic acids is 2. The molecule has 7 nitrogen and oxygen atoms in total. The van der Waals surface area contributed by atoms with Gasteiger partial charge in [-0.25, -0.2) is 4.98 Å². The van der Waals surface area contributed by atoms with Crippen molar-refractivity contribution < 1.29 is 14.3 Å². The van der Waals surface area contributed by atoms with Gasteiger partial charge >= 0.3 is 0 Å². The molecule has 0 bridgehead atoms. The molecule has 162 valence electrons. The number of rotatable bonds is 7. The number of ether oxygens (including phenoxy) is 1. The van der Waals surface area contributed by atoms with Gasteiger partial charge < -0.3 is 10.1 Å². The van der Waals surface area contributed by atoms with Crippen LogP contribution >= 0.6 is 0 Å². The van der Waals surface area contributed by atoms with Gasteiger partial charge in [0.25, 0.3) is 5.91 Å². The van der Waals surface area contributed by atoms with Crippen molar-refractivity contribution in [1.29, 1.82) is 0 Å². The van der Waals surface area contributed by atoms with E-state index in [0.717, 1.165) is 0 Å². The summed E-state index contributed by atoms with van der Waals surface area (Å²) in [5.41, 5.74) is 2.57. The summed E-state index contributed by atoms with van der Waals surface area (Å²) in [7, 11) is 1.51. The summed E-state index contributed by atoms with van der Waals surface area (Å²) in [5.74, 6) is 0.509. The fraction of sp³-hybridized carbons (Fsp3) is 0.0385. The zero-order valence-corrected chi connectivity index (χ0v) is 17.8. The third-order valence-electron chi connectivity index (χ3n) is 4.80. The highest BCUT2D eigenvalue weighted by molar-refractivity contribution is 6.10. The average Bonchev–Trinajstić information content (AvgIpc) is 2.88. The second-order valence-corrected chi connectivity index (χ2v) is 7.00. The first-order valence-electron chi connectivity index (χ1n) is 10.2. The van der Waals surface area contributed by atoms with Crippen LogP contribution in [0.4, 0.5) is 17.2 Å². The van der Waals surface area contributed by atoms with E-state index < -0.39 is 0 Å². The molecule has 0 unspecified atom stereocenters.